The molecule has 0 amide bonds. The molecule has 0 aromatic carbocycles. The highest BCUT2D eigenvalue weighted by Crippen LogP contribution is 2.11. The Hall–Kier alpha value is -0.0400. The first kappa shape index (κ1) is 15.0. The summed E-state index contributed by atoms with van der Waals surface area (Å²) < 4.78 is 0. The largest absolute Gasteiger partial charge is 0.316 e. The van der Waals surface area contributed by atoms with Crippen molar-refractivity contribution in [1.29, 1.82) is 0 Å². The molecule has 0 radical (unpaired) electrons. The molecule has 0 fully saturated rings. The van der Waals surface area contributed by atoms with Gasteiger partial charge in [-0.1, -0.05) is 53.4 Å². The van der Waals surface area contributed by atoms with Crippen molar-refractivity contribution in [2.75, 3.05) is 13.1 Å². The molecule has 0 aliphatic rings. The Morgan fingerprint density at radius 2 is 1.73 bits per heavy atom. The third-order valence-corrected chi connectivity index (χ3v) is 3.49. The second-order valence-electron chi connectivity index (χ2n) is 4.92. The third-order valence-electron chi connectivity index (χ3n) is 3.49. The first-order valence-electron chi connectivity index (χ1n) is 6.95. The molecule has 0 spiro atoms. The molecule has 0 aliphatic carbocycles. The minimum absolute atomic E-state index is 0.883. The van der Waals surface area contributed by atoms with Gasteiger partial charge < -0.3 is 5.32 Å². The van der Waals surface area contributed by atoms with E-state index in [9.17, 15) is 0 Å². The van der Waals surface area contributed by atoms with Gasteiger partial charge in [-0.15, -0.1) is 0 Å². The Morgan fingerprint density at radius 1 is 1.00 bits per heavy atom. The van der Waals surface area contributed by atoms with Crippen molar-refractivity contribution in [1.82, 2.24) is 5.32 Å². The molecule has 1 heteroatoms. The lowest BCUT2D eigenvalue weighted by atomic mass is 9.99. The molecule has 2 atom stereocenters. The van der Waals surface area contributed by atoms with Crippen LogP contribution in [0.3, 0.4) is 0 Å². The Morgan fingerprint density at radius 3 is 2.27 bits per heavy atom. The summed E-state index contributed by atoms with van der Waals surface area (Å²) in [5.74, 6) is 1.79. The fourth-order valence-corrected chi connectivity index (χ4v) is 1.80. The Kier molecular flexibility index (Phi) is 10.4. The van der Waals surface area contributed by atoms with Gasteiger partial charge in [0.05, 0.1) is 0 Å². The van der Waals surface area contributed by atoms with Crippen LogP contribution in [0.1, 0.15) is 66.2 Å². The van der Waals surface area contributed by atoms with E-state index in [1.807, 2.05) is 0 Å². The molecule has 0 saturated heterocycles. The molecule has 0 saturated carbocycles. The Labute approximate surface area is 97.0 Å². The summed E-state index contributed by atoms with van der Waals surface area (Å²) in [5, 5.41) is 3.61. The van der Waals surface area contributed by atoms with Crippen molar-refractivity contribution in [2.45, 2.75) is 66.2 Å². The van der Waals surface area contributed by atoms with E-state index in [4.69, 9.17) is 0 Å². The minimum atomic E-state index is 0.883. The summed E-state index contributed by atoms with van der Waals surface area (Å²) in [5.41, 5.74) is 0. The van der Waals surface area contributed by atoms with E-state index < -0.39 is 0 Å². The maximum Gasteiger partial charge on any atom is -0.00206 e. The van der Waals surface area contributed by atoms with Gasteiger partial charge in [0.1, 0.15) is 0 Å². The van der Waals surface area contributed by atoms with Gasteiger partial charge >= 0.3 is 0 Å². The number of nitrogens with one attached hydrogen (secondary N) is 1. The standard InChI is InChI=1S/C14H31N/c1-5-8-9-14(7-3)12-15-11-10-13(4)6-2/h13-15H,5-12H2,1-4H3. The first-order valence-corrected chi connectivity index (χ1v) is 6.95. The highest BCUT2D eigenvalue weighted by atomic mass is 14.9. The van der Waals surface area contributed by atoms with E-state index in [-0.39, 0.29) is 0 Å². The van der Waals surface area contributed by atoms with E-state index in [2.05, 4.69) is 33.0 Å². The van der Waals surface area contributed by atoms with Crippen molar-refractivity contribution in [3.05, 3.63) is 0 Å². The zero-order valence-electron chi connectivity index (χ0n) is 11.3. The molecule has 2 unspecified atom stereocenters. The first-order chi connectivity index (χ1) is 7.24. The van der Waals surface area contributed by atoms with Crippen LogP contribution < -0.4 is 5.32 Å². The summed E-state index contributed by atoms with van der Waals surface area (Å²) >= 11 is 0. The number of hydrogen-bond acceptors (Lipinski definition) is 1. The molecule has 0 heterocycles. The summed E-state index contributed by atoms with van der Waals surface area (Å²) in [4.78, 5) is 0. The van der Waals surface area contributed by atoms with Crippen LogP contribution in [0.15, 0.2) is 0 Å². The zero-order valence-corrected chi connectivity index (χ0v) is 11.3. The quantitative estimate of drug-likeness (QED) is 0.536. The maximum atomic E-state index is 3.61. The van der Waals surface area contributed by atoms with Crippen LogP contribution >= 0.6 is 0 Å². The fourth-order valence-electron chi connectivity index (χ4n) is 1.80. The summed E-state index contributed by atoms with van der Waals surface area (Å²) in [6.07, 6.45) is 8.12. The lowest BCUT2D eigenvalue weighted by Gasteiger charge is -2.16. The molecule has 0 aromatic heterocycles. The maximum absolute atomic E-state index is 3.61. The predicted molar refractivity (Wildman–Crippen MR) is 70.2 cm³/mol. The molecule has 92 valence electrons. The molecule has 0 bridgehead atoms. The van der Waals surface area contributed by atoms with Crippen LogP contribution in [-0.2, 0) is 0 Å². The van der Waals surface area contributed by atoms with Crippen LogP contribution in [0.4, 0.5) is 0 Å². The van der Waals surface area contributed by atoms with Gasteiger partial charge in [0.25, 0.3) is 0 Å². The third kappa shape index (κ3) is 8.92. The minimum Gasteiger partial charge on any atom is -0.316 e. The average molecular weight is 213 g/mol. The highest BCUT2D eigenvalue weighted by Gasteiger charge is 2.05. The van der Waals surface area contributed by atoms with Gasteiger partial charge in [0, 0.05) is 0 Å². The molecule has 1 nitrogen and oxygen atoms in total. The molecule has 0 rings (SSSR count). The van der Waals surface area contributed by atoms with Gasteiger partial charge in [-0.05, 0) is 37.8 Å². The summed E-state index contributed by atoms with van der Waals surface area (Å²) in [6.45, 7) is 11.7. The monoisotopic (exact) mass is 213 g/mol. The predicted octanol–water partition coefficient (Wildman–Crippen LogP) is 4.23. The second kappa shape index (κ2) is 10.5. The molecular formula is C14H31N. The molecular weight excluding hydrogens is 182 g/mol. The van der Waals surface area contributed by atoms with E-state index in [1.54, 1.807) is 0 Å². The van der Waals surface area contributed by atoms with Gasteiger partial charge in [-0.25, -0.2) is 0 Å². The van der Waals surface area contributed by atoms with Crippen LogP contribution in [0.2, 0.25) is 0 Å². The van der Waals surface area contributed by atoms with E-state index >= 15 is 0 Å². The SMILES string of the molecule is CCCCC(CC)CNCCC(C)CC. The lowest BCUT2D eigenvalue weighted by molar-refractivity contribution is 0.403. The Balaban J connectivity index is 3.37. The second-order valence-corrected chi connectivity index (χ2v) is 4.92. The fraction of sp³-hybridized carbons (Fsp3) is 1.00. The van der Waals surface area contributed by atoms with Gasteiger partial charge in [-0.3, -0.25) is 0 Å². The lowest BCUT2D eigenvalue weighted by Crippen LogP contribution is -2.24. The number of unbranched alkanes of at least 4 members (excludes halogenated alkanes) is 1. The van der Waals surface area contributed by atoms with Crippen LogP contribution in [0, 0.1) is 11.8 Å². The van der Waals surface area contributed by atoms with Gasteiger partial charge in [0.2, 0.25) is 0 Å². The van der Waals surface area contributed by atoms with Crippen molar-refractivity contribution in [3.8, 4) is 0 Å². The summed E-state index contributed by atoms with van der Waals surface area (Å²) in [7, 11) is 0. The smallest absolute Gasteiger partial charge is 0.00206 e. The van der Waals surface area contributed by atoms with E-state index in [1.165, 1.54) is 51.6 Å². The van der Waals surface area contributed by atoms with Crippen LogP contribution in [-0.4, -0.2) is 13.1 Å². The van der Waals surface area contributed by atoms with Crippen LogP contribution in [0.25, 0.3) is 0 Å². The van der Waals surface area contributed by atoms with E-state index in [0.717, 1.165) is 11.8 Å². The number of hydrogen-bond donors (Lipinski definition) is 1. The number of rotatable bonds is 10. The molecule has 15 heavy (non-hydrogen) atoms. The van der Waals surface area contributed by atoms with Crippen molar-refractivity contribution in [2.24, 2.45) is 11.8 Å². The normalized spacial score (nSPS) is 15.2. The van der Waals surface area contributed by atoms with Gasteiger partial charge in [-0.2, -0.15) is 0 Å². The zero-order chi connectivity index (χ0) is 11.5. The van der Waals surface area contributed by atoms with Crippen LogP contribution in [0.5, 0.6) is 0 Å². The molecule has 0 aliphatic heterocycles. The summed E-state index contributed by atoms with van der Waals surface area (Å²) in [6, 6.07) is 0. The van der Waals surface area contributed by atoms with Crippen molar-refractivity contribution in [3.63, 3.8) is 0 Å². The molecule has 1 N–H and O–H groups in total. The Bertz CT molecular complexity index is 123. The van der Waals surface area contributed by atoms with Gasteiger partial charge in [0.15, 0.2) is 0 Å². The average Bonchev–Trinajstić information content (AvgIpc) is 2.27. The highest BCUT2D eigenvalue weighted by molar-refractivity contribution is 4.62. The van der Waals surface area contributed by atoms with Crippen molar-refractivity contribution < 1.29 is 0 Å². The van der Waals surface area contributed by atoms with Crippen molar-refractivity contribution >= 4 is 0 Å². The van der Waals surface area contributed by atoms with E-state index in [0.29, 0.717) is 0 Å². The molecule has 0 aromatic rings. The topological polar surface area (TPSA) is 12.0 Å².